The average Bonchev–Trinajstić information content (AvgIpc) is 2.00. The van der Waals surface area contributed by atoms with Gasteiger partial charge in [-0.05, 0) is 38.7 Å². The largest absolute Gasteiger partial charge is 0.349 e. The molecule has 0 aliphatic heterocycles. The molecule has 0 spiro atoms. The highest BCUT2D eigenvalue weighted by atomic mass is 15.1. The van der Waals surface area contributed by atoms with E-state index in [4.69, 9.17) is 0 Å². The summed E-state index contributed by atoms with van der Waals surface area (Å²) in [4.78, 5) is 8.36. The van der Waals surface area contributed by atoms with Crippen LogP contribution in [0.15, 0.2) is 18.5 Å². The fourth-order valence-corrected chi connectivity index (χ4v) is 1.88. The first-order valence-electron chi connectivity index (χ1n) is 5.24. The first kappa shape index (κ1) is 9.44. The second kappa shape index (κ2) is 3.56. The van der Waals surface area contributed by atoms with Gasteiger partial charge in [-0.1, -0.05) is 6.42 Å². The highest BCUT2D eigenvalue weighted by Gasteiger charge is 2.34. The van der Waals surface area contributed by atoms with Gasteiger partial charge in [-0.3, -0.25) is 0 Å². The van der Waals surface area contributed by atoms with Crippen molar-refractivity contribution in [1.82, 2.24) is 9.97 Å². The molecular weight excluding hydrogens is 174 g/mol. The molecular formula is C11H17N3. The van der Waals surface area contributed by atoms with E-state index in [2.05, 4.69) is 29.1 Å². The molecule has 0 radical (unpaired) electrons. The summed E-state index contributed by atoms with van der Waals surface area (Å²) in [6.07, 6.45) is 7.56. The Morgan fingerprint density at radius 2 is 1.93 bits per heavy atom. The van der Waals surface area contributed by atoms with E-state index in [0.29, 0.717) is 0 Å². The maximum atomic E-state index is 4.18. The summed E-state index contributed by atoms with van der Waals surface area (Å²) < 4.78 is 0. The maximum absolute atomic E-state index is 4.18. The monoisotopic (exact) mass is 191 g/mol. The Kier molecular flexibility index (Phi) is 2.40. The van der Waals surface area contributed by atoms with Gasteiger partial charge in [0.1, 0.15) is 0 Å². The van der Waals surface area contributed by atoms with Crippen molar-refractivity contribution < 1.29 is 0 Å². The van der Waals surface area contributed by atoms with Crippen molar-refractivity contribution >= 4 is 5.95 Å². The Bertz CT molecular complexity index is 291. The van der Waals surface area contributed by atoms with Gasteiger partial charge in [0.2, 0.25) is 5.95 Å². The Morgan fingerprint density at radius 3 is 2.43 bits per heavy atom. The van der Waals surface area contributed by atoms with E-state index in [-0.39, 0.29) is 5.54 Å². The zero-order valence-electron chi connectivity index (χ0n) is 8.83. The van der Waals surface area contributed by atoms with Crippen molar-refractivity contribution in [1.29, 1.82) is 0 Å². The van der Waals surface area contributed by atoms with Crippen molar-refractivity contribution in [2.45, 2.75) is 38.6 Å². The van der Waals surface area contributed by atoms with Gasteiger partial charge in [0.25, 0.3) is 0 Å². The average molecular weight is 191 g/mol. The molecule has 1 N–H and O–H groups in total. The molecule has 1 aromatic heterocycles. The van der Waals surface area contributed by atoms with Gasteiger partial charge in [-0.25, -0.2) is 9.97 Å². The zero-order valence-corrected chi connectivity index (χ0v) is 8.83. The molecule has 1 fully saturated rings. The molecule has 0 aromatic carbocycles. The van der Waals surface area contributed by atoms with E-state index in [9.17, 15) is 0 Å². The first-order chi connectivity index (χ1) is 6.68. The Labute approximate surface area is 85.0 Å². The Balaban J connectivity index is 2.02. The number of nitrogens with zero attached hydrogens (tertiary/aromatic N) is 2. The summed E-state index contributed by atoms with van der Waals surface area (Å²) >= 11 is 0. The predicted octanol–water partition coefficient (Wildman–Crippen LogP) is 2.47. The van der Waals surface area contributed by atoms with Crippen LogP contribution in [0, 0.1) is 5.92 Å². The highest BCUT2D eigenvalue weighted by molar-refractivity contribution is 5.27. The summed E-state index contributed by atoms with van der Waals surface area (Å²) in [6, 6.07) is 1.83. The zero-order chi connectivity index (χ0) is 10.0. The molecule has 1 saturated carbocycles. The van der Waals surface area contributed by atoms with Crippen molar-refractivity contribution in [2.75, 3.05) is 5.32 Å². The fraction of sp³-hybridized carbons (Fsp3) is 0.636. The molecule has 3 nitrogen and oxygen atoms in total. The molecule has 0 unspecified atom stereocenters. The van der Waals surface area contributed by atoms with Crippen LogP contribution >= 0.6 is 0 Å². The van der Waals surface area contributed by atoms with Gasteiger partial charge in [0.15, 0.2) is 0 Å². The van der Waals surface area contributed by atoms with Gasteiger partial charge >= 0.3 is 0 Å². The van der Waals surface area contributed by atoms with E-state index in [1.54, 1.807) is 12.4 Å². The molecule has 1 aliphatic rings. The summed E-state index contributed by atoms with van der Waals surface area (Å²) in [7, 11) is 0. The first-order valence-corrected chi connectivity index (χ1v) is 5.24. The number of aromatic nitrogens is 2. The lowest BCUT2D eigenvalue weighted by molar-refractivity contribution is 0.215. The van der Waals surface area contributed by atoms with Crippen LogP contribution < -0.4 is 5.32 Å². The van der Waals surface area contributed by atoms with Crippen LogP contribution in [0.1, 0.15) is 33.1 Å². The van der Waals surface area contributed by atoms with Gasteiger partial charge in [0, 0.05) is 17.9 Å². The van der Waals surface area contributed by atoms with E-state index in [1.165, 1.54) is 19.3 Å². The molecule has 1 aromatic rings. The molecule has 0 amide bonds. The van der Waals surface area contributed by atoms with Crippen LogP contribution in [0.25, 0.3) is 0 Å². The van der Waals surface area contributed by atoms with Crippen molar-refractivity contribution in [3.05, 3.63) is 18.5 Å². The highest BCUT2D eigenvalue weighted by Crippen LogP contribution is 2.37. The molecule has 1 heterocycles. The van der Waals surface area contributed by atoms with E-state index in [0.717, 1.165) is 11.9 Å². The summed E-state index contributed by atoms with van der Waals surface area (Å²) in [6.45, 7) is 4.46. The molecule has 1 aliphatic carbocycles. The second-order valence-electron chi connectivity index (χ2n) is 4.55. The summed E-state index contributed by atoms with van der Waals surface area (Å²) in [5, 5.41) is 3.40. The van der Waals surface area contributed by atoms with E-state index < -0.39 is 0 Å². The Hall–Kier alpha value is -1.12. The molecule has 14 heavy (non-hydrogen) atoms. The molecule has 0 bridgehead atoms. The van der Waals surface area contributed by atoms with Crippen LogP contribution in [-0.4, -0.2) is 15.5 Å². The van der Waals surface area contributed by atoms with Gasteiger partial charge in [-0.2, -0.15) is 0 Å². The third kappa shape index (κ3) is 1.86. The van der Waals surface area contributed by atoms with Gasteiger partial charge in [0.05, 0.1) is 0 Å². The lowest BCUT2D eigenvalue weighted by atomic mass is 9.73. The number of anilines is 1. The van der Waals surface area contributed by atoms with Crippen molar-refractivity contribution in [3.63, 3.8) is 0 Å². The third-order valence-electron chi connectivity index (χ3n) is 3.13. The van der Waals surface area contributed by atoms with Crippen LogP contribution in [0.4, 0.5) is 5.95 Å². The second-order valence-corrected chi connectivity index (χ2v) is 4.55. The van der Waals surface area contributed by atoms with Crippen LogP contribution in [0.3, 0.4) is 0 Å². The molecule has 76 valence electrons. The minimum Gasteiger partial charge on any atom is -0.349 e. The normalized spacial score (nSPS) is 17.6. The topological polar surface area (TPSA) is 37.8 Å². The molecule has 0 saturated heterocycles. The minimum absolute atomic E-state index is 0.125. The minimum atomic E-state index is 0.125. The third-order valence-corrected chi connectivity index (χ3v) is 3.13. The molecule has 3 heteroatoms. The van der Waals surface area contributed by atoms with E-state index >= 15 is 0 Å². The summed E-state index contributed by atoms with van der Waals surface area (Å²) in [5.41, 5.74) is 0.125. The SMILES string of the molecule is CC(C)(Nc1ncccn1)C1CCC1. The van der Waals surface area contributed by atoms with Crippen LogP contribution in [0.5, 0.6) is 0 Å². The van der Waals surface area contributed by atoms with Gasteiger partial charge in [-0.15, -0.1) is 0 Å². The van der Waals surface area contributed by atoms with Crippen LogP contribution in [0.2, 0.25) is 0 Å². The number of hydrogen-bond donors (Lipinski definition) is 1. The van der Waals surface area contributed by atoms with E-state index in [1.807, 2.05) is 6.07 Å². The summed E-state index contributed by atoms with van der Waals surface area (Å²) in [5.74, 6) is 1.51. The van der Waals surface area contributed by atoms with Crippen molar-refractivity contribution in [3.8, 4) is 0 Å². The number of nitrogens with one attached hydrogen (secondary N) is 1. The number of hydrogen-bond acceptors (Lipinski definition) is 3. The Morgan fingerprint density at radius 1 is 1.29 bits per heavy atom. The van der Waals surface area contributed by atoms with Crippen molar-refractivity contribution in [2.24, 2.45) is 5.92 Å². The quantitative estimate of drug-likeness (QED) is 0.797. The molecule has 2 rings (SSSR count). The number of rotatable bonds is 3. The lowest BCUT2D eigenvalue weighted by Gasteiger charge is -2.40. The maximum Gasteiger partial charge on any atom is 0.222 e. The van der Waals surface area contributed by atoms with Gasteiger partial charge < -0.3 is 5.32 Å². The smallest absolute Gasteiger partial charge is 0.222 e. The van der Waals surface area contributed by atoms with Crippen LogP contribution in [-0.2, 0) is 0 Å². The lowest BCUT2D eigenvalue weighted by Crippen LogP contribution is -2.43. The standard InChI is InChI=1S/C11H17N3/c1-11(2,9-5-3-6-9)14-10-12-7-4-8-13-10/h4,7-9H,3,5-6H2,1-2H3,(H,12,13,14). The predicted molar refractivity (Wildman–Crippen MR) is 57.1 cm³/mol. The molecule has 0 atom stereocenters. The fourth-order valence-electron chi connectivity index (χ4n) is 1.88.